The highest BCUT2D eigenvalue weighted by Gasteiger charge is 2.26. The minimum atomic E-state index is -0.319. The van der Waals surface area contributed by atoms with Gasteiger partial charge in [-0.2, -0.15) is 5.10 Å². The van der Waals surface area contributed by atoms with Crippen molar-refractivity contribution in [1.29, 1.82) is 0 Å². The number of aliphatic hydroxyl groups is 1. The summed E-state index contributed by atoms with van der Waals surface area (Å²) in [6.45, 7) is 1.72. The van der Waals surface area contributed by atoms with Gasteiger partial charge in [0.2, 0.25) is 0 Å². The van der Waals surface area contributed by atoms with Crippen LogP contribution in [0.4, 0.5) is 0 Å². The van der Waals surface area contributed by atoms with Crippen LogP contribution in [0.25, 0.3) is 11.3 Å². The lowest BCUT2D eigenvalue weighted by molar-refractivity contribution is 0.0547. The second-order valence-electron chi connectivity index (χ2n) is 7.33. The molecule has 150 valence electrons. The van der Waals surface area contributed by atoms with Gasteiger partial charge in [-0.25, -0.2) is 0 Å². The maximum atomic E-state index is 13.3. The topological polar surface area (TPSA) is 67.6 Å². The van der Waals surface area contributed by atoms with E-state index in [4.69, 9.17) is 9.84 Å². The van der Waals surface area contributed by atoms with Crippen LogP contribution in [0.3, 0.4) is 0 Å². The predicted octanol–water partition coefficient (Wildman–Crippen LogP) is 3.20. The van der Waals surface area contributed by atoms with Crippen molar-refractivity contribution in [3.8, 4) is 17.0 Å². The van der Waals surface area contributed by atoms with Crippen LogP contribution >= 0.6 is 0 Å². The van der Waals surface area contributed by atoms with Crippen molar-refractivity contribution in [3.63, 3.8) is 0 Å². The molecule has 0 unspecified atom stereocenters. The van der Waals surface area contributed by atoms with Crippen LogP contribution in [0, 0.1) is 0 Å². The zero-order valence-corrected chi connectivity index (χ0v) is 16.5. The Morgan fingerprint density at radius 1 is 1.10 bits per heavy atom. The Morgan fingerprint density at radius 2 is 1.79 bits per heavy atom. The second kappa shape index (κ2) is 8.49. The number of amides is 1. The largest absolute Gasteiger partial charge is 0.497 e. The smallest absolute Gasteiger partial charge is 0.257 e. The van der Waals surface area contributed by atoms with E-state index in [0.29, 0.717) is 43.7 Å². The van der Waals surface area contributed by atoms with Gasteiger partial charge in [-0.1, -0.05) is 30.3 Å². The summed E-state index contributed by atoms with van der Waals surface area (Å²) in [5.74, 6) is 0.720. The van der Waals surface area contributed by atoms with Crippen molar-refractivity contribution >= 4 is 5.91 Å². The molecule has 29 heavy (non-hydrogen) atoms. The van der Waals surface area contributed by atoms with E-state index < -0.39 is 0 Å². The molecule has 1 saturated heterocycles. The zero-order valence-electron chi connectivity index (χ0n) is 16.5. The number of hydrogen-bond acceptors (Lipinski definition) is 4. The van der Waals surface area contributed by atoms with Gasteiger partial charge >= 0.3 is 0 Å². The van der Waals surface area contributed by atoms with E-state index in [9.17, 15) is 9.90 Å². The van der Waals surface area contributed by atoms with Crippen LogP contribution in [0.1, 0.15) is 28.8 Å². The van der Waals surface area contributed by atoms with E-state index in [1.54, 1.807) is 7.11 Å². The molecule has 0 saturated carbocycles. The van der Waals surface area contributed by atoms with Gasteiger partial charge < -0.3 is 14.7 Å². The van der Waals surface area contributed by atoms with Crippen LogP contribution in [0.2, 0.25) is 0 Å². The van der Waals surface area contributed by atoms with Crippen molar-refractivity contribution in [1.82, 2.24) is 14.7 Å². The molecule has 0 bridgehead atoms. The monoisotopic (exact) mass is 391 g/mol. The molecule has 2 aromatic carbocycles. The number of rotatable bonds is 5. The van der Waals surface area contributed by atoms with E-state index in [2.05, 4.69) is 0 Å². The molecule has 1 aliphatic heterocycles. The summed E-state index contributed by atoms with van der Waals surface area (Å²) in [5, 5.41) is 14.5. The SMILES string of the molecule is COc1ccc(-c2nn(Cc3ccccc3)cc2C(=O)N2CCC(O)CC2)cc1. The number of carbonyl (C=O) groups is 1. The van der Waals surface area contributed by atoms with Gasteiger partial charge in [-0.05, 0) is 42.7 Å². The molecule has 1 aliphatic rings. The number of aromatic nitrogens is 2. The highest BCUT2D eigenvalue weighted by molar-refractivity contribution is 5.99. The molecule has 0 radical (unpaired) electrons. The first-order chi connectivity index (χ1) is 14.1. The fourth-order valence-corrected chi connectivity index (χ4v) is 3.63. The van der Waals surface area contributed by atoms with Crippen LogP contribution in [-0.4, -0.2) is 52.0 Å². The Labute approximate surface area is 170 Å². The summed E-state index contributed by atoms with van der Waals surface area (Å²) in [5.41, 5.74) is 3.25. The quantitative estimate of drug-likeness (QED) is 0.725. The Balaban J connectivity index is 1.67. The summed E-state index contributed by atoms with van der Waals surface area (Å²) < 4.78 is 7.07. The maximum absolute atomic E-state index is 13.3. The van der Waals surface area contributed by atoms with Crippen molar-refractivity contribution < 1.29 is 14.6 Å². The molecule has 4 rings (SSSR count). The van der Waals surface area contributed by atoms with Crippen LogP contribution < -0.4 is 4.74 Å². The third-order valence-corrected chi connectivity index (χ3v) is 5.29. The number of likely N-dealkylation sites (tertiary alicyclic amines) is 1. The zero-order chi connectivity index (χ0) is 20.2. The van der Waals surface area contributed by atoms with Gasteiger partial charge in [0.05, 0.1) is 25.3 Å². The number of aliphatic hydroxyl groups excluding tert-OH is 1. The van der Waals surface area contributed by atoms with Crippen molar-refractivity contribution in [3.05, 3.63) is 71.9 Å². The fourth-order valence-electron chi connectivity index (χ4n) is 3.63. The standard InChI is InChI=1S/C23H25N3O3/c1-29-20-9-7-18(8-10-20)22-21(23(28)25-13-11-19(27)12-14-25)16-26(24-22)15-17-5-3-2-4-6-17/h2-10,16,19,27H,11-15H2,1H3. The van der Waals surface area contributed by atoms with Gasteiger partial charge in [0.25, 0.3) is 5.91 Å². The van der Waals surface area contributed by atoms with Crippen LogP contribution in [-0.2, 0) is 6.54 Å². The lowest BCUT2D eigenvalue weighted by Crippen LogP contribution is -2.40. The highest BCUT2D eigenvalue weighted by atomic mass is 16.5. The lowest BCUT2D eigenvalue weighted by atomic mass is 10.0. The van der Waals surface area contributed by atoms with Gasteiger partial charge in [-0.3, -0.25) is 9.48 Å². The molecule has 6 nitrogen and oxygen atoms in total. The third kappa shape index (κ3) is 4.32. The molecule has 3 aromatic rings. The fraction of sp³-hybridized carbons (Fsp3) is 0.304. The third-order valence-electron chi connectivity index (χ3n) is 5.29. The Hall–Kier alpha value is -3.12. The van der Waals surface area contributed by atoms with E-state index in [-0.39, 0.29) is 12.0 Å². The van der Waals surface area contributed by atoms with Gasteiger partial charge in [0, 0.05) is 24.8 Å². The number of benzene rings is 2. The minimum Gasteiger partial charge on any atom is -0.497 e. The molecule has 1 fully saturated rings. The number of ether oxygens (including phenoxy) is 1. The molecule has 0 spiro atoms. The van der Waals surface area contributed by atoms with Crippen LogP contribution in [0.15, 0.2) is 60.8 Å². The molecule has 6 heteroatoms. The minimum absolute atomic E-state index is 0.0398. The van der Waals surface area contributed by atoms with Crippen molar-refractivity contribution in [2.45, 2.75) is 25.5 Å². The molecular weight excluding hydrogens is 366 g/mol. The number of piperidine rings is 1. The van der Waals surface area contributed by atoms with E-state index in [1.165, 1.54) is 0 Å². The van der Waals surface area contributed by atoms with Crippen molar-refractivity contribution in [2.75, 3.05) is 20.2 Å². The van der Waals surface area contributed by atoms with E-state index in [0.717, 1.165) is 16.9 Å². The summed E-state index contributed by atoms with van der Waals surface area (Å²) in [6, 6.07) is 17.6. The summed E-state index contributed by atoms with van der Waals surface area (Å²) in [6.07, 6.45) is 2.74. The van der Waals surface area contributed by atoms with E-state index in [1.807, 2.05) is 70.4 Å². The van der Waals surface area contributed by atoms with Gasteiger partial charge in [-0.15, -0.1) is 0 Å². The number of hydrogen-bond donors (Lipinski definition) is 1. The predicted molar refractivity (Wildman–Crippen MR) is 111 cm³/mol. The molecule has 1 amide bonds. The first kappa shape index (κ1) is 19.2. The molecular formula is C23H25N3O3. The highest BCUT2D eigenvalue weighted by Crippen LogP contribution is 2.27. The molecule has 0 aliphatic carbocycles. The first-order valence-electron chi connectivity index (χ1n) is 9.87. The van der Waals surface area contributed by atoms with Crippen LogP contribution in [0.5, 0.6) is 5.75 Å². The summed E-state index contributed by atoms with van der Waals surface area (Å²) in [4.78, 5) is 15.1. The van der Waals surface area contributed by atoms with E-state index >= 15 is 0 Å². The second-order valence-corrected chi connectivity index (χ2v) is 7.33. The van der Waals surface area contributed by atoms with Gasteiger partial charge in [0.15, 0.2) is 0 Å². The van der Waals surface area contributed by atoms with Crippen molar-refractivity contribution in [2.24, 2.45) is 0 Å². The molecule has 1 N–H and O–H groups in total. The summed E-state index contributed by atoms with van der Waals surface area (Å²) in [7, 11) is 1.63. The Bertz CT molecular complexity index is 959. The first-order valence-corrected chi connectivity index (χ1v) is 9.87. The Morgan fingerprint density at radius 3 is 2.45 bits per heavy atom. The Kier molecular flexibility index (Phi) is 5.62. The normalized spacial score (nSPS) is 14.8. The molecule has 2 heterocycles. The average molecular weight is 391 g/mol. The number of nitrogens with zero attached hydrogens (tertiary/aromatic N) is 3. The molecule has 1 aromatic heterocycles. The summed E-state index contributed by atoms with van der Waals surface area (Å²) >= 11 is 0. The maximum Gasteiger partial charge on any atom is 0.257 e. The number of methoxy groups -OCH3 is 1. The lowest BCUT2D eigenvalue weighted by Gasteiger charge is -2.29. The number of carbonyl (C=O) groups excluding carboxylic acids is 1. The average Bonchev–Trinajstić information content (AvgIpc) is 3.18. The van der Waals surface area contributed by atoms with Gasteiger partial charge in [0.1, 0.15) is 11.4 Å². The molecule has 0 atom stereocenters.